The molecule has 0 saturated heterocycles. The molecule has 92 valence electrons. The van der Waals surface area contributed by atoms with Crippen LogP contribution in [0.4, 0.5) is 14.5 Å². The van der Waals surface area contributed by atoms with E-state index in [9.17, 15) is 13.6 Å². The van der Waals surface area contributed by atoms with Crippen LogP contribution in [0.5, 0.6) is 11.5 Å². The summed E-state index contributed by atoms with van der Waals surface area (Å²) in [4.78, 5) is 11.3. The summed E-state index contributed by atoms with van der Waals surface area (Å²) in [5.74, 6) is -0.623. The van der Waals surface area contributed by atoms with Gasteiger partial charge in [0.25, 0.3) is 0 Å². The normalized spacial score (nSPS) is 17.6. The highest BCUT2D eigenvalue weighted by atomic mass is 19.3. The molecule has 1 amide bonds. The zero-order chi connectivity index (χ0) is 12.6. The van der Waals surface area contributed by atoms with Crippen LogP contribution in [0.1, 0.15) is 6.92 Å². The second-order valence-corrected chi connectivity index (χ2v) is 3.61. The standard InChI is InChI=1S/C10H10F2N2O3/c1-5(13)9(15)14-6-2-3-7-8(4-6)17-10(11,12)16-7/h2-5H,13H2,1H3,(H,14,15)/t5-/m1/s1. The van der Waals surface area contributed by atoms with Crippen molar-refractivity contribution in [3.8, 4) is 11.5 Å². The molecular weight excluding hydrogens is 234 g/mol. The van der Waals surface area contributed by atoms with Crippen LogP contribution < -0.4 is 20.5 Å². The quantitative estimate of drug-likeness (QED) is 0.822. The number of benzene rings is 1. The highest BCUT2D eigenvalue weighted by Gasteiger charge is 2.43. The van der Waals surface area contributed by atoms with Crippen LogP contribution in [0.25, 0.3) is 0 Å². The Kier molecular flexibility index (Phi) is 2.62. The third-order valence-electron chi connectivity index (χ3n) is 2.08. The number of carbonyl (C=O) groups excluding carboxylic acids is 1. The summed E-state index contributed by atoms with van der Waals surface area (Å²) in [5, 5.41) is 2.45. The molecule has 1 aromatic carbocycles. The minimum absolute atomic E-state index is 0.0752. The van der Waals surface area contributed by atoms with Crippen molar-refractivity contribution in [2.45, 2.75) is 19.3 Å². The molecule has 3 N–H and O–H groups in total. The van der Waals surface area contributed by atoms with Crippen molar-refractivity contribution in [3.63, 3.8) is 0 Å². The van der Waals surface area contributed by atoms with Crippen molar-refractivity contribution in [1.29, 1.82) is 0 Å². The molecule has 1 heterocycles. The molecule has 0 unspecified atom stereocenters. The van der Waals surface area contributed by atoms with Crippen molar-refractivity contribution in [2.75, 3.05) is 5.32 Å². The molecule has 0 radical (unpaired) electrons. The van der Waals surface area contributed by atoms with Crippen LogP contribution in [0.15, 0.2) is 18.2 Å². The largest absolute Gasteiger partial charge is 0.586 e. The van der Waals surface area contributed by atoms with Gasteiger partial charge in [-0.2, -0.15) is 0 Å². The van der Waals surface area contributed by atoms with E-state index in [1.54, 1.807) is 0 Å². The first-order valence-corrected chi connectivity index (χ1v) is 4.84. The Morgan fingerprint density at radius 1 is 1.41 bits per heavy atom. The molecule has 0 bridgehead atoms. The molecule has 0 aliphatic carbocycles. The van der Waals surface area contributed by atoms with E-state index in [1.807, 2.05) is 0 Å². The lowest BCUT2D eigenvalue weighted by Crippen LogP contribution is -2.32. The van der Waals surface area contributed by atoms with Crippen molar-refractivity contribution in [2.24, 2.45) is 5.73 Å². The SMILES string of the molecule is C[C@@H](N)C(=O)Nc1ccc2c(c1)OC(F)(F)O2. The predicted octanol–water partition coefficient (Wildman–Crippen LogP) is 1.29. The average Bonchev–Trinajstić information content (AvgIpc) is 2.50. The van der Waals surface area contributed by atoms with E-state index in [0.29, 0.717) is 5.69 Å². The van der Waals surface area contributed by atoms with E-state index in [-0.39, 0.29) is 11.5 Å². The molecule has 0 spiro atoms. The number of alkyl halides is 2. The summed E-state index contributed by atoms with van der Waals surface area (Å²) in [7, 11) is 0. The fourth-order valence-corrected chi connectivity index (χ4v) is 1.28. The smallest absolute Gasteiger partial charge is 0.395 e. The summed E-state index contributed by atoms with van der Waals surface area (Å²) < 4.78 is 33.9. The Morgan fingerprint density at radius 3 is 2.71 bits per heavy atom. The van der Waals surface area contributed by atoms with Crippen LogP contribution in [-0.4, -0.2) is 18.2 Å². The fourth-order valence-electron chi connectivity index (χ4n) is 1.28. The fraction of sp³-hybridized carbons (Fsp3) is 0.300. The Hall–Kier alpha value is -1.89. The van der Waals surface area contributed by atoms with Gasteiger partial charge in [-0.25, -0.2) is 0 Å². The highest BCUT2D eigenvalue weighted by molar-refractivity contribution is 5.94. The number of hydrogen-bond donors (Lipinski definition) is 2. The number of halogens is 2. The third kappa shape index (κ3) is 2.44. The van der Waals surface area contributed by atoms with Gasteiger partial charge in [-0.1, -0.05) is 0 Å². The first-order valence-electron chi connectivity index (χ1n) is 4.84. The van der Waals surface area contributed by atoms with Gasteiger partial charge in [0.15, 0.2) is 11.5 Å². The van der Waals surface area contributed by atoms with E-state index in [1.165, 1.54) is 25.1 Å². The lowest BCUT2D eigenvalue weighted by Gasteiger charge is -2.07. The monoisotopic (exact) mass is 244 g/mol. The van der Waals surface area contributed by atoms with Crippen LogP contribution in [0.3, 0.4) is 0 Å². The van der Waals surface area contributed by atoms with E-state index >= 15 is 0 Å². The molecule has 2 rings (SSSR count). The number of anilines is 1. The number of ether oxygens (including phenoxy) is 2. The van der Waals surface area contributed by atoms with Gasteiger partial charge >= 0.3 is 6.29 Å². The number of hydrogen-bond acceptors (Lipinski definition) is 4. The molecule has 7 heteroatoms. The second-order valence-electron chi connectivity index (χ2n) is 3.61. The number of nitrogens with two attached hydrogens (primary N) is 1. The molecule has 1 aromatic rings. The molecule has 1 aliphatic heterocycles. The van der Waals surface area contributed by atoms with Crippen LogP contribution >= 0.6 is 0 Å². The van der Waals surface area contributed by atoms with Gasteiger partial charge in [-0.3, -0.25) is 4.79 Å². The van der Waals surface area contributed by atoms with Crippen molar-refractivity contribution in [1.82, 2.24) is 0 Å². The van der Waals surface area contributed by atoms with E-state index in [4.69, 9.17) is 5.73 Å². The summed E-state index contributed by atoms with van der Waals surface area (Å²) in [6.07, 6.45) is -3.66. The Morgan fingerprint density at radius 2 is 2.06 bits per heavy atom. The lowest BCUT2D eigenvalue weighted by molar-refractivity contribution is -0.286. The molecule has 17 heavy (non-hydrogen) atoms. The zero-order valence-corrected chi connectivity index (χ0v) is 8.87. The molecule has 0 saturated carbocycles. The van der Waals surface area contributed by atoms with Crippen molar-refractivity contribution < 1.29 is 23.0 Å². The zero-order valence-electron chi connectivity index (χ0n) is 8.87. The van der Waals surface area contributed by atoms with Crippen molar-refractivity contribution in [3.05, 3.63) is 18.2 Å². The first-order chi connectivity index (χ1) is 7.87. The first kappa shape index (κ1) is 11.6. The Bertz CT molecular complexity index is 463. The maximum absolute atomic E-state index is 12.7. The third-order valence-corrected chi connectivity index (χ3v) is 2.08. The minimum Gasteiger partial charge on any atom is -0.395 e. The molecule has 0 aromatic heterocycles. The molecule has 0 fully saturated rings. The number of fused-ring (bicyclic) bond motifs is 1. The minimum atomic E-state index is -3.66. The number of amides is 1. The summed E-state index contributed by atoms with van der Waals surface area (Å²) in [6.45, 7) is 1.51. The van der Waals surface area contributed by atoms with Crippen molar-refractivity contribution >= 4 is 11.6 Å². The van der Waals surface area contributed by atoms with Gasteiger partial charge in [-0.05, 0) is 19.1 Å². The summed E-state index contributed by atoms with van der Waals surface area (Å²) in [6, 6.07) is 3.26. The number of nitrogens with one attached hydrogen (secondary N) is 1. The van der Waals surface area contributed by atoms with Gasteiger partial charge < -0.3 is 20.5 Å². The molecule has 1 atom stereocenters. The van der Waals surface area contributed by atoms with E-state index in [0.717, 1.165) is 0 Å². The maximum atomic E-state index is 12.7. The summed E-state index contributed by atoms with van der Waals surface area (Å²) >= 11 is 0. The van der Waals surface area contributed by atoms with Gasteiger partial charge in [-0.15, -0.1) is 8.78 Å². The van der Waals surface area contributed by atoms with E-state index < -0.39 is 18.2 Å². The highest BCUT2D eigenvalue weighted by Crippen LogP contribution is 2.42. The van der Waals surface area contributed by atoms with Crippen LogP contribution in [0.2, 0.25) is 0 Å². The molecule has 5 nitrogen and oxygen atoms in total. The predicted molar refractivity (Wildman–Crippen MR) is 54.9 cm³/mol. The van der Waals surface area contributed by atoms with Gasteiger partial charge in [0, 0.05) is 11.8 Å². The molecule has 1 aliphatic rings. The summed E-state index contributed by atoms with van der Waals surface area (Å²) in [5.41, 5.74) is 5.66. The van der Waals surface area contributed by atoms with Gasteiger partial charge in [0.05, 0.1) is 6.04 Å². The lowest BCUT2D eigenvalue weighted by atomic mass is 10.2. The van der Waals surface area contributed by atoms with E-state index in [2.05, 4.69) is 14.8 Å². The maximum Gasteiger partial charge on any atom is 0.586 e. The van der Waals surface area contributed by atoms with Crippen LogP contribution in [-0.2, 0) is 4.79 Å². The topological polar surface area (TPSA) is 73.6 Å². The number of rotatable bonds is 2. The van der Waals surface area contributed by atoms with Crippen LogP contribution in [0, 0.1) is 0 Å². The van der Waals surface area contributed by atoms with Gasteiger partial charge in [0.1, 0.15) is 0 Å². The number of carbonyl (C=O) groups is 1. The Labute approximate surface area is 95.5 Å². The van der Waals surface area contributed by atoms with Gasteiger partial charge in [0.2, 0.25) is 5.91 Å². The second kappa shape index (κ2) is 3.85. The molecular formula is C10H10F2N2O3. The Balaban J connectivity index is 2.17. The average molecular weight is 244 g/mol.